The Labute approximate surface area is 123 Å². The maximum absolute atomic E-state index is 12.6. The molecule has 1 amide bonds. The summed E-state index contributed by atoms with van der Waals surface area (Å²) in [5.74, 6) is 0.970. The van der Waals surface area contributed by atoms with Crippen LogP contribution in [-0.4, -0.2) is 54.0 Å². The van der Waals surface area contributed by atoms with Gasteiger partial charge in [0.05, 0.1) is 6.04 Å². The van der Waals surface area contributed by atoms with Crippen molar-refractivity contribution in [3.05, 3.63) is 0 Å². The zero-order chi connectivity index (χ0) is 14.5. The molecule has 2 aliphatic heterocycles. The van der Waals surface area contributed by atoms with Gasteiger partial charge in [0.25, 0.3) is 0 Å². The number of rotatable bonds is 3. The second kappa shape index (κ2) is 7.41. The van der Waals surface area contributed by atoms with Crippen molar-refractivity contribution >= 4 is 5.91 Å². The summed E-state index contributed by atoms with van der Waals surface area (Å²) >= 11 is 0. The highest BCUT2D eigenvalue weighted by Crippen LogP contribution is 2.22. The van der Waals surface area contributed by atoms with E-state index >= 15 is 0 Å². The average Bonchev–Trinajstić information content (AvgIpc) is 2.75. The van der Waals surface area contributed by atoms with E-state index in [1.165, 1.54) is 25.7 Å². The maximum Gasteiger partial charge on any atom is 0.239 e. The van der Waals surface area contributed by atoms with Crippen molar-refractivity contribution in [2.45, 2.75) is 64.5 Å². The number of piperidine rings is 1. The second-order valence-electron chi connectivity index (χ2n) is 6.65. The van der Waals surface area contributed by atoms with Gasteiger partial charge in [0.2, 0.25) is 5.91 Å². The predicted octanol–water partition coefficient (Wildman–Crippen LogP) is 1.84. The van der Waals surface area contributed by atoms with Gasteiger partial charge >= 0.3 is 0 Å². The smallest absolute Gasteiger partial charge is 0.239 e. The lowest BCUT2D eigenvalue weighted by atomic mass is 9.90. The van der Waals surface area contributed by atoms with Crippen molar-refractivity contribution in [1.82, 2.24) is 9.80 Å². The Bertz CT molecular complexity index is 303. The number of amides is 1. The van der Waals surface area contributed by atoms with Crippen LogP contribution in [0.5, 0.6) is 0 Å². The minimum atomic E-state index is 0.0436. The fraction of sp³-hybridized carbons (Fsp3) is 0.938. The molecule has 0 aromatic heterocycles. The molecule has 4 nitrogen and oxygen atoms in total. The normalized spacial score (nSPS) is 26.1. The number of carbonyl (C=O) groups is 1. The lowest BCUT2D eigenvalue weighted by molar-refractivity contribution is -0.137. The molecule has 2 saturated heterocycles. The third-order valence-corrected chi connectivity index (χ3v) is 5.14. The van der Waals surface area contributed by atoms with Gasteiger partial charge in [-0.15, -0.1) is 0 Å². The Morgan fingerprint density at radius 2 is 1.55 bits per heavy atom. The lowest BCUT2D eigenvalue weighted by Gasteiger charge is -2.38. The van der Waals surface area contributed by atoms with Crippen LogP contribution in [0.1, 0.15) is 52.4 Å². The van der Waals surface area contributed by atoms with Crippen molar-refractivity contribution in [1.29, 1.82) is 0 Å². The minimum absolute atomic E-state index is 0.0436. The first-order chi connectivity index (χ1) is 9.59. The van der Waals surface area contributed by atoms with E-state index in [1.807, 2.05) is 0 Å². The van der Waals surface area contributed by atoms with Crippen LogP contribution in [0.4, 0.5) is 0 Å². The quantitative estimate of drug-likeness (QED) is 0.858. The van der Waals surface area contributed by atoms with E-state index < -0.39 is 0 Å². The van der Waals surface area contributed by atoms with Gasteiger partial charge < -0.3 is 10.6 Å². The van der Waals surface area contributed by atoms with Crippen LogP contribution < -0.4 is 5.73 Å². The van der Waals surface area contributed by atoms with Crippen LogP contribution in [0.15, 0.2) is 0 Å². The fourth-order valence-corrected chi connectivity index (χ4v) is 3.54. The molecule has 0 spiro atoms. The monoisotopic (exact) mass is 281 g/mol. The summed E-state index contributed by atoms with van der Waals surface area (Å²) in [5.41, 5.74) is 5.99. The van der Waals surface area contributed by atoms with Crippen LogP contribution >= 0.6 is 0 Å². The Kier molecular flexibility index (Phi) is 5.85. The van der Waals surface area contributed by atoms with E-state index in [9.17, 15) is 4.79 Å². The van der Waals surface area contributed by atoms with Gasteiger partial charge in [0.15, 0.2) is 0 Å². The molecule has 2 unspecified atom stereocenters. The molecular formula is C16H31N3O. The number of likely N-dealkylation sites (tertiary alicyclic amines) is 2. The number of hydrogen-bond donors (Lipinski definition) is 1. The van der Waals surface area contributed by atoms with Crippen molar-refractivity contribution < 1.29 is 4.79 Å². The highest BCUT2D eigenvalue weighted by Gasteiger charge is 2.30. The van der Waals surface area contributed by atoms with E-state index in [0.717, 1.165) is 39.0 Å². The Morgan fingerprint density at radius 1 is 1.00 bits per heavy atom. The summed E-state index contributed by atoms with van der Waals surface area (Å²) in [6, 6.07) is 0.330. The summed E-state index contributed by atoms with van der Waals surface area (Å²) in [5, 5.41) is 0. The van der Waals surface area contributed by atoms with Crippen LogP contribution in [0.2, 0.25) is 0 Å². The molecule has 2 aliphatic rings. The summed E-state index contributed by atoms with van der Waals surface area (Å²) in [6.45, 7) is 8.14. The van der Waals surface area contributed by atoms with Gasteiger partial charge in [0, 0.05) is 19.1 Å². The first kappa shape index (κ1) is 15.8. The van der Waals surface area contributed by atoms with Gasteiger partial charge in [-0.25, -0.2) is 0 Å². The van der Waals surface area contributed by atoms with E-state index in [2.05, 4.69) is 23.6 Å². The lowest BCUT2D eigenvalue weighted by Crippen LogP contribution is -2.51. The molecule has 0 aromatic rings. The van der Waals surface area contributed by atoms with Crippen LogP contribution in [-0.2, 0) is 4.79 Å². The molecule has 0 radical (unpaired) electrons. The Hall–Kier alpha value is -0.610. The highest BCUT2D eigenvalue weighted by molar-refractivity contribution is 5.81. The van der Waals surface area contributed by atoms with Gasteiger partial charge in [0.1, 0.15) is 0 Å². The largest absolute Gasteiger partial charge is 0.341 e. The molecular weight excluding hydrogens is 250 g/mol. The van der Waals surface area contributed by atoms with Crippen molar-refractivity contribution in [3.63, 3.8) is 0 Å². The van der Waals surface area contributed by atoms with E-state index in [4.69, 9.17) is 5.73 Å². The predicted molar refractivity (Wildman–Crippen MR) is 82.5 cm³/mol. The zero-order valence-corrected chi connectivity index (χ0v) is 13.2. The molecule has 116 valence electrons. The fourth-order valence-electron chi connectivity index (χ4n) is 3.54. The van der Waals surface area contributed by atoms with Crippen LogP contribution in [0.3, 0.4) is 0 Å². The highest BCUT2D eigenvalue weighted by atomic mass is 16.2. The molecule has 2 fully saturated rings. The van der Waals surface area contributed by atoms with E-state index in [-0.39, 0.29) is 12.1 Å². The Morgan fingerprint density at radius 3 is 2.05 bits per heavy atom. The first-order valence-corrected chi connectivity index (χ1v) is 8.38. The molecule has 20 heavy (non-hydrogen) atoms. The van der Waals surface area contributed by atoms with Crippen LogP contribution in [0, 0.1) is 5.92 Å². The molecule has 0 aliphatic carbocycles. The minimum Gasteiger partial charge on any atom is -0.341 e. The van der Waals surface area contributed by atoms with Crippen molar-refractivity contribution in [3.8, 4) is 0 Å². The number of nitrogens with two attached hydrogens (primary N) is 1. The summed E-state index contributed by atoms with van der Waals surface area (Å²) in [6.07, 6.45) is 7.16. The van der Waals surface area contributed by atoms with E-state index in [1.54, 1.807) is 0 Å². The molecule has 0 aromatic carbocycles. The third-order valence-electron chi connectivity index (χ3n) is 5.14. The molecule has 2 rings (SSSR count). The molecule has 0 bridgehead atoms. The average molecular weight is 281 g/mol. The third kappa shape index (κ3) is 3.95. The van der Waals surface area contributed by atoms with Crippen molar-refractivity contribution in [2.75, 3.05) is 26.2 Å². The van der Waals surface area contributed by atoms with Gasteiger partial charge in [-0.05, 0) is 58.5 Å². The Balaban J connectivity index is 1.84. The van der Waals surface area contributed by atoms with E-state index in [0.29, 0.717) is 11.8 Å². The molecule has 4 heteroatoms. The molecule has 2 atom stereocenters. The number of nitrogens with zero attached hydrogens (tertiary/aromatic N) is 2. The zero-order valence-electron chi connectivity index (χ0n) is 13.2. The number of hydrogen-bond acceptors (Lipinski definition) is 3. The van der Waals surface area contributed by atoms with Gasteiger partial charge in [-0.3, -0.25) is 9.69 Å². The summed E-state index contributed by atoms with van der Waals surface area (Å²) in [7, 11) is 0. The standard InChI is InChI=1S/C16H31N3O/c1-13(17)15-7-11-18(12-8-15)14(2)16(20)19-9-5-3-4-6-10-19/h13-15H,3-12,17H2,1-2H3. The molecule has 0 saturated carbocycles. The topological polar surface area (TPSA) is 49.6 Å². The van der Waals surface area contributed by atoms with Crippen LogP contribution in [0.25, 0.3) is 0 Å². The second-order valence-corrected chi connectivity index (χ2v) is 6.65. The van der Waals surface area contributed by atoms with Gasteiger partial charge in [-0.1, -0.05) is 12.8 Å². The summed E-state index contributed by atoms with van der Waals surface area (Å²) in [4.78, 5) is 17.1. The summed E-state index contributed by atoms with van der Waals surface area (Å²) < 4.78 is 0. The van der Waals surface area contributed by atoms with Gasteiger partial charge in [-0.2, -0.15) is 0 Å². The molecule has 2 N–H and O–H groups in total. The first-order valence-electron chi connectivity index (χ1n) is 8.38. The van der Waals surface area contributed by atoms with Crippen molar-refractivity contribution in [2.24, 2.45) is 11.7 Å². The molecule has 2 heterocycles. The maximum atomic E-state index is 12.6. The SMILES string of the molecule is CC(N)C1CCN(C(C)C(=O)N2CCCCCC2)CC1. The number of carbonyl (C=O) groups excluding carboxylic acids is 1.